The smallest absolute Gasteiger partial charge is 0.265 e. The van der Waals surface area contributed by atoms with Gasteiger partial charge in [0.1, 0.15) is 0 Å². The molecule has 90 valence electrons. The Morgan fingerprint density at radius 1 is 1.40 bits per heavy atom. The molecule has 0 spiro atoms. The van der Waals surface area contributed by atoms with Gasteiger partial charge in [0.25, 0.3) is 5.91 Å². The van der Waals surface area contributed by atoms with Crippen molar-refractivity contribution in [2.45, 2.75) is 19.4 Å². The Kier molecular flexibility index (Phi) is 9.40. The van der Waals surface area contributed by atoms with E-state index in [1.165, 1.54) is 7.11 Å². The molecule has 1 atom stereocenters. The molecule has 0 heterocycles. The third kappa shape index (κ3) is 7.26. The van der Waals surface area contributed by atoms with Crippen molar-refractivity contribution >= 4 is 5.91 Å². The number of carbonyl (C=O) groups is 1. The van der Waals surface area contributed by atoms with E-state index in [4.69, 9.17) is 20.1 Å². The van der Waals surface area contributed by atoms with Crippen molar-refractivity contribution in [2.75, 3.05) is 33.5 Å². The van der Waals surface area contributed by atoms with Crippen LogP contribution >= 0.6 is 0 Å². The molecular formula is C9H20N2O4. The Morgan fingerprint density at radius 2 is 2.13 bits per heavy atom. The molecule has 0 fully saturated rings. The normalized spacial score (nSPS) is 12.5. The predicted molar refractivity (Wildman–Crippen MR) is 55.1 cm³/mol. The Balaban J connectivity index is 3.61. The summed E-state index contributed by atoms with van der Waals surface area (Å²) < 4.78 is 15.3. The Hall–Kier alpha value is -0.690. The van der Waals surface area contributed by atoms with Gasteiger partial charge >= 0.3 is 0 Å². The van der Waals surface area contributed by atoms with E-state index in [0.29, 0.717) is 19.8 Å². The molecule has 0 saturated heterocycles. The lowest BCUT2D eigenvalue weighted by atomic mass is 10.3. The van der Waals surface area contributed by atoms with E-state index in [1.54, 1.807) is 0 Å². The summed E-state index contributed by atoms with van der Waals surface area (Å²) in [5.74, 6) is 4.59. The zero-order chi connectivity index (χ0) is 11.5. The zero-order valence-corrected chi connectivity index (χ0v) is 9.32. The van der Waals surface area contributed by atoms with Crippen molar-refractivity contribution in [2.24, 2.45) is 5.84 Å². The van der Waals surface area contributed by atoms with Gasteiger partial charge in [0.15, 0.2) is 6.10 Å². The number of methoxy groups -OCH3 is 1. The van der Waals surface area contributed by atoms with E-state index < -0.39 is 12.0 Å². The summed E-state index contributed by atoms with van der Waals surface area (Å²) in [6, 6.07) is 0. The third-order valence-electron chi connectivity index (χ3n) is 1.65. The standard InChI is InChI=1S/C9H20N2O4/c1-3-4-14-5-6-15-8(7-13-2)9(12)11-10/h8H,3-7,10H2,1-2H3,(H,11,12). The number of nitrogens with two attached hydrogens (primary N) is 1. The van der Waals surface area contributed by atoms with Gasteiger partial charge in [0.05, 0.1) is 19.8 Å². The van der Waals surface area contributed by atoms with Gasteiger partial charge in [0.2, 0.25) is 0 Å². The molecule has 0 rings (SSSR count). The molecule has 1 unspecified atom stereocenters. The minimum atomic E-state index is -0.676. The average Bonchev–Trinajstić information content (AvgIpc) is 2.26. The Morgan fingerprint density at radius 3 is 2.67 bits per heavy atom. The molecule has 6 nitrogen and oxygen atoms in total. The highest BCUT2D eigenvalue weighted by Crippen LogP contribution is 1.93. The zero-order valence-electron chi connectivity index (χ0n) is 9.32. The fourth-order valence-corrected chi connectivity index (χ4v) is 0.940. The minimum absolute atomic E-state index is 0.177. The van der Waals surface area contributed by atoms with E-state index in [-0.39, 0.29) is 6.61 Å². The van der Waals surface area contributed by atoms with Crippen molar-refractivity contribution in [3.05, 3.63) is 0 Å². The van der Waals surface area contributed by atoms with Gasteiger partial charge in [-0.05, 0) is 6.42 Å². The van der Waals surface area contributed by atoms with Gasteiger partial charge in [-0.1, -0.05) is 6.92 Å². The second-order valence-corrected chi connectivity index (χ2v) is 2.94. The lowest BCUT2D eigenvalue weighted by Crippen LogP contribution is -2.43. The topological polar surface area (TPSA) is 82.8 Å². The van der Waals surface area contributed by atoms with Crippen LogP contribution in [0.4, 0.5) is 0 Å². The number of nitrogens with one attached hydrogen (secondary N) is 1. The maximum Gasteiger partial charge on any atom is 0.265 e. The molecule has 0 aliphatic rings. The van der Waals surface area contributed by atoms with E-state index in [0.717, 1.165) is 6.42 Å². The summed E-state index contributed by atoms with van der Waals surface area (Å²) in [5, 5.41) is 0. The number of rotatable bonds is 9. The predicted octanol–water partition coefficient (Wildman–Crippen LogP) is -0.565. The third-order valence-corrected chi connectivity index (χ3v) is 1.65. The summed E-state index contributed by atoms with van der Waals surface area (Å²) >= 11 is 0. The van der Waals surface area contributed by atoms with Crippen LogP contribution in [0.25, 0.3) is 0 Å². The fraction of sp³-hybridized carbons (Fsp3) is 0.889. The summed E-state index contributed by atoms with van der Waals surface area (Å²) in [4.78, 5) is 11.1. The van der Waals surface area contributed by atoms with Crippen molar-refractivity contribution in [3.63, 3.8) is 0 Å². The highest BCUT2D eigenvalue weighted by Gasteiger charge is 2.17. The molecular weight excluding hydrogens is 200 g/mol. The second-order valence-electron chi connectivity index (χ2n) is 2.94. The van der Waals surface area contributed by atoms with Crippen molar-refractivity contribution in [1.82, 2.24) is 5.43 Å². The average molecular weight is 220 g/mol. The van der Waals surface area contributed by atoms with Gasteiger partial charge in [0, 0.05) is 13.7 Å². The molecule has 6 heteroatoms. The van der Waals surface area contributed by atoms with Crippen molar-refractivity contribution in [1.29, 1.82) is 0 Å². The molecule has 0 aromatic carbocycles. The van der Waals surface area contributed by atoms with E-state index in [1.807, 2.05) is 12.3 Å². The maximum atomic E-state index is 11.1. The molecule has 3 N–H and O–H groups in total. The van der Waals surface area contributed by atoms with Crippen LogP contribution in [0.5, 0.6) is 0 Å². The minimum Gasteiger partial charge on any atom is -0.381 e. The summed E-state index contributed by atoms with van der Waals surface area (Å²) in [6.45, 7) is 3.71. The highest BCUT2D eigenvalue weighted by atomic mass is 16.6. The summed E-state index contributed by atoms with van der Waals surface area (Å²) in [5.41, 5.74) is 2.02. The molecule has 0 aromatic heterocycles. The van der Waals surface area contributed by atoms with E-state index >= 15 is 0 Å². The van der Waals surface area contributed by atoms with Gasteiger partial charge in [-0.3, -0.25) is 10.2 Å². The number of hydrazine groups is 1. The second kappa shape index (κ2) is 9.85. The number of hydrogen-bond acceptors (Lipinski definition) is 5. The Labute approximate surface area is 90.0 Å². The Bertz CT molecular complexity index is 166. The summed E-state index contributed by atoms with van der Waals surface area (Å²) in [6.07, 6.45) is 0.287. The molecule has 0 aliphatic carbocycles. The van der Waals surface area contributed by atoms with Gasteiger partial charge < -0.3 is 14.2 Å². The maximum absolute atomic E-state index is 11.1. The molecule has 1 amide bonds. The van der Waals surface area contributed by atoms with Crippen molar-refractivity contribution in [3.8, 4) is 0 Å². The van der Waals surface area contributed by atoms with Crippen LogP contribution in [0.3, 0.4) is 0 Å². The van der Waals surface area contributed by atoms with E-state index in [2.05, 4.69) is 0 Å². The summed E-state index contributed by atoms with van der Waals surface area (Å²) in [7, 11) is 1.49. The lowest BCUT2D eigenvalue weighted by molar-refractivity contribution is -0.137. The first-order valence-corrected chi connectivity index (χ1v) is 4.95. The highest BCUT2D eigenvalue weighted by molar-refractivity contribution is 5.80. The number of carbonyl (C=O) groups excluding carboxylic acids is 1. The van der Waals surface area contributed by atoms with Crippen molar-refractivity contribution < 1.29 is 19.0 Å². The van der Waals surface area contributed by atoms with Crippen LogP contribution < -0.4 is 11.3 Å². The largest absolute Gasteiger partial charge is 0.381 e. The molecule has 0 saturated carbocycles. The first kappa shape index (κ1) is 14.3. The SMILES string of the molecule is CCCOCCOC(COC)C(=O)NN. The van der Waals surface area contributed by atoms with Crippen LogP contribution in [0.1, 0.15) is 13.3 Å². The van der Waals surface area contributed by atoms with Crippen LogP contribution in [-0.2, 0) is 19.0 Å². The van der Waals surface area contributed by atoms with Crippen LogP contribution in [-0.4, -0.2) is 45.5 Å². The first-order chi connectivity index (χ1) is 7.26. The van der Waals surface area contributed by atoms with Crippen LogP contribution in [0, 0.1) is 0 Å². The molecule has 0 aromatic rings. The molecule has 0 aliphatic heterocycles. The van der Waals surface area contributed by atoms with Gasteiger partial charge in [-0.2, -0.15) is 0 Å². The number of ether oxygens (including phenoxy) is 3. The van der Waals surface area contributed by atoms with E-state index in [9.17, 15) is 4.79 Å². The number of amides is 1. The monoisotopic (exact) mass is 220 g/mol. The van der Waals surface area contributed by atoms with Gasteiger partial charge in [-0.15, -0.1) is 0 Å². The lowest BCUT2D eigenvalue weighted by Gasteiger charge is -2.15. The number of hydrogen-bond donors (Lipinski definition) is 2. The van der Waals surface area contributed by atoms with Gasteiger partial charge in [-0.25, -0.2) is 5.84 Å². The molecule has 0 bridgehead atoms. The fourth-order valence-electron chi connectivity index (χ4n) is 0.940. The van der Waals surface area contributed by atoms with Crippen LogP contribution in [0.15, 0.2) is 0 Å². The first-order valence-electron chi connectivity index (χ1n) is 4.95. The molecule has 15 heavy (non-hydrogen) atoms. The quantitative estimate of drug-likeness (QED) is 0.235. The van der Waals surface area contributed by atoms with Crippen LogP contribution in [0.2, 0.25) is 0 Å². The molecule has 0 radical (unpaired) electrons.